The molecule has 0 fully saturated rings. The van der Waals surface area contributed by atoms with Gasteiger partial charge in [-0.15, -0.1) is 5.10 Å². The molecule has 0 atom stereocenters. The van der Waals surface area contributed by atoms with Gasteiger partial charge in [-0.2, -0.15) is 4.98 Å². The zero-order chi connectivity index (χ0) is 17.2. The summed E-state index contributed by atoms with van der Waals surface area (Å²) in [6.45, 7) is 2.45. The Morgan fingerprint density at radius 2 is 1.88 bits per heavy atom. The average molecular weight is 331 g/mol. The molecule has 0 aliphatic carbocycles. The summed E-state index contributed by atoms with van der Waals surface area (Å²) >= 11 is 0. The number of nitrogens with one attached hydrogen (secondary N) is 1. The van der Waals surface area contributed by atoms with Crippen LogP contribution in [0, 0.1) is 6.92 Å². The summed E-state index contributed by atoms with van der Waals surface area (Å²) in [5.41, 5.74) is 2.92. The molecule has 4 rings (SSSR count). The molecular weight excluding hydrogens is 314 g/mol. The number of aromatic nitrogens is 4. The van der Waals surface area contributed by atoms with Gasteiger partial charge in [0.25, 0.3) is 5.78 Å². The van der Waals surface area contributed by atoms with Crippen LogP contribution >= 0.6 is 0 Å². The zero-order valence-electron chi connectivity index (χ0n) is 13.8. The topological polar surface area (TPSA) is 64.2 Å². The van der Waals surface area contributed by atoms with E-state index in [0.717, 1.165) is 16.8 Å². The third-order valence-corrected chi connectivity index (χ3v) is 3.92. The van der Waals surface area contributed by atoms with E-state index in [1.165, 1.54) is 9.08 Å². The van der Waals surface area contributed by atoms with Crippen LogP contribution in [0.15, 0.2) is 71.7 Å². The number of benzene rings is 2. The van der Waals surface area contributed by atoms with Crippen molar-refractivity contribution in [1.82, 2.24) is 19.2 Å². The SMILES string of the molecule is Cc1cccc(Cn2nc3nc(Nc4ccccc4)ccn3c2=O)c1. The molecule has 0 amide bonds. The standard InChI is InChI=1S/C19H17N5O/c1-14-6-5-7-15(12-14)13-24-19(25)23-11-10-17(21-18(23)22-24)20-16-8-3-2-4-9-16/h2-12H,13H2,1H3,(H,20,21,22). The number of para-hydroxylation sites is 1. The first-order valence-electron chi connectivity index (χ1n) is 8.03. The molecule has 25 heavy (non-hydrogen) atoms. The van der Waals surface area contributed by atoms with E-state index in [4.69, 9.17) is 0 Å². The van der Waals surface area contributed by atoms with E-state index < -0.39 is 0 Å². The number of hydrogen-bond acceptors (Lipinski definition) is 4. The molecule has 6 nitrogen and oxygen atoms in total. The van der Waals surface area contributed by atoms with E-state index in [2.05, 4.69) is 15.4 Å². The van der Waals surface area contributed by atoms with Crippen LogP contribution in [0.5, 0.6) is 0 Å². The Morgan fingerprint density at radius 1 is 1.04 bits per heavy atom. The van der Waals surface area contributed by atoms with Gasteiger partial charge in [0.2, 0.25) is 0 Å². The molecule has 6 heteroatoms. The van der Waals surface area contributed by atoms with Crippen LogP contribution in [0.1, 0.15) is 11.1 Å². The summed E-state index contributed by atoms with van der Waals surface area (Å²) < 4.78 is 2.88. The van der Waals surface area contributed by atoms with Crippen LogP contribution in [0.25, 0.3) is 5.78 Å². The fourth-order valence-corrected chi connectivity index (χ4v) is 2.73. The highest BCUT2D eigenvalue weighted by molar-refractivity contribution is 5.56. The van der Waals surface area contributed by atoms with Crippen molar-refractivity contribution in [2.45, 2.75) is 13.5 Å². The maximum absolute atomic E-state index is 12.5. The Morgan fingerprint density at radius 3 is 2.68 bits per heavy atom. The minimum atomic E-state index is -0.199. The number of rotatable bonds is 4. The average Bonchev–Trinajstić information content (AvgIpc) is 2.91. The minimum absolute atomic E-state index is 0.199. The Labute approximate surface area is 144 Å². The first kappa shape index (κ1) is 15.1. The van der Waals surface area contributed by atoms with Crippen molar-refractivity contribution in [2.75, 3.05) is 5.32 Å². The fourth-order valence-electron chi connectivity index (χ4n) is 2.73. The molecule has 0 aliphatic heterocycles. The lowest BCUT2D eigenvalue weighted by Gasteiger charge is -2.04. The fraction of sp³-hybridized carbons (Fsp3) is 0.105. The van der Waals surface area contributed by atoms with Gasteiger partial charge in [-0.05, 0) is 30.7 Å². The van der Waals surface area contributed by atoms with Gasteiger partial charge in [-0.1, -0.05) is 48.0 Å². The number of aryl methyl sites for hydroxylation is 1. The second kappa shape index (κ2) is 6.24. The molecule has 0 spiro atoms. The highest BCUT2D eigenvalue weighted by Crippen LogP contribution is 2.13. The van der Waals surface area contributed by atoms with Gasteiger partial charge in [-0.3, -0.25) is 0 Å². The molecular formula is C19H17N5O. The number of fused-ring (bicyclic) bond motifs is 1. The molecule has 124 valence electrons. The highest BCUT2D eigenvalue weighted by atomic mass is 16.2. The van der Waals surface area contributed by atoms with Gasteiger partial charge in [0.15, 0.2) is 0 Å². The van der Waals surface area contributed by atoms with Crippen molar-refractivity contribution >= 4 is 17.3 Å². The highest BCUT2D eigenvalue weighted by Gasteiger charge is 2.09. The Hall–Kier alpha value is -3.41. The van der Waals surface area contributed by atoms with Gasteiger partial charge >= 0.3 is 5.69 Å². The lowest BCUT2D eigenvalue weighted by molar-refractivity contribution is 0.658. The maximum atomic E-state index is 12.5. The Bertz CT molecular complexity index is 1080. The first-order valence-corrected chi connectivity index (χ1v) is 8.03. The molecule has 0 unspecified atom stereocenters. The van der Waals surface area contributed by atoms with Crippen LogP contribution < -0.4 is 11.0 Å². The second-order valence-electron chi connectivity index (χ2n) is 5.90. The third kappa shape index (κ3) is 3.14. The minimum Gasteiger partial charge on any atom is -0.340 e. The van der Waals surface area contributed by atoms with Gasteiger partial charge in [-0.25, -0.2) is 13.9 Å². The predicted octanol–water partition coefficient (Wildman–Crippen LogP) is 2.99. The van der Waals surface area contributed by atoms with E-state index in [1.807, 2.05) is 61.5 Å². The predicted molar refractivity (Wildman–Crippen MR) is 97.3 cm³/mol. The van der Waals surface area contributed by atoms with Crippen LogP contribution in [0.2, 0.25) is 0 Å². The molecule has 2 aromatic carbocycles. The molecule has 2 heterocycles. The van der Waals surface area contributed by atoms with Crippen LogP contribution in [-0.2, 0) is 6.54 Å². The summed E-state index contributed by atoms with van der Waals surface area (Å²) in [6.07, 6.45) is 1.69. The molecule has 0 aliphatic rings. The van der Waals surface area contributed by atoms with E-state index in [-0.39, 0.29) is 5.69 Å². The van der Waals surface area contributed by atoms with E-state index in [0.29, 0.717) is 18.1 Å². The number of hydrogen-bond donors (Lipinski definition) is 1. The Balaban J connectivity index is 1.66. The van der Waals surface area contributed by atoms with Crippen molar-refractivity contribution < 1.29 is 0 Å². The van der Waals surface area contributed by atoms with Gasteiger partial charge in [0, 0.05) is 11.9 Å². The van der Waals surface area contributed by atoms with Crippen molar-refractivity contribution in [2.24, 2.45) is 0 Å². The maximum Gasteiger partial charge on any atom is 0.351 e. The summed E-state index contributed by atoms with van der Waals surface area (Å²) in [4.78, 5) is 16.9. The second-order valence-corrected chi connectivity index (χ2v) is 5.90. The number of anilines is 2. The molecule has 0 saturated carbocycles. The zero-order valence-corrected chi connectivity index (χ0v) is 13.8. The lowest BCUT2D eigenvalue weighted by Crippen LogP contribution is -2.21. The van der Waals surface area contributed by atoms with Crippen molar-refractivity contribution in [3.05, 3.63) is 88.5 Å². The van der Waals surface area contributed by atoms with Gasteiger partial charge in [0.05, 0.1) is 6.54 Å². The smallest absolute Gasteiger partial charge is 0.340 e. The van der Waals surface area contributed by atoms with Crippen molar-refractivity contribution in [3.63, 3.8) is 0 Å². The summed E-state index contributed by atoms with van der Waals surface area (Å²) in [7, 11) is 0. The van der Waals surface area contributed by atoms with Crippen molar-refractivity contribution in [3.8, 4) is 0 Å². The monoisotopic (exact) mass is 331 g/mol. The summed E-state index contributed by atoms with van der Waals surface area (Å²) in [6, 6.07) is 19.6. The number of nitrogens with zero attached hydrogens (tertiary/aromatic N) is 4. The van der Waals surface area contributed by atoms with Gasteiger partial charge < -0.3 is 5.32 Å². The molecule has 0 radical (unpaired) electrons. The molecule has 0 bridgehead atoms. The first-order chi connectivity index (χ1) is 12.2. The quantitative estimate of drug-likeness (QED) is 0.624. The Kier molecular flexibility index (Phi) is 3.78. The summed E-state index contributed by atoms with van der Waals surface area (Å²) in [5.74, 6) is 1.02. The van der Waals surface area contributed by atoms with Crippen molar-refractivity contribution in [1.29, 1.82) is 0 Å². The normalized spacial score (nSPS) is 10.9. The van der Waals surface area contributed by atoms with Gasteiger partial charge in [0.1, 0.15) is 5.82 Å². The largest absolute Gasteiger partial charge is 0.351 e. The molecule has 4 aromatic rings. The van der Waals surface area contributed by atoms with Crippen LogP contribution in [0.4, 0.5) is 11.5 Å². The van der Waals surface area contributed by atoms with E-state index in [9.17, 15) is 4.79 Å². The molecule has 2 aromatic heterocycles. The van der Waals surface area contributed by atoms with E-state index >= 15 is 0 Å². The van der Waals surface area contributed by atoms with Crippen LogP contribution in [-0.4, -0.2) is 19.2 Å². The molecule has 1 N–H and O–H groups in total. The summed E-state index contributed by atoms with van der Waals surface area (Å²) in [5, 5.41) is 7.56. The third-order valence-electron chi connectivity index (χ3n) is 3.92. The van der Waals surface area contributed by atoms with Crippen LogP contribution in [0.3, 0.4) is 0 Å². The molecule has 0 saturated heterocycles. The van der Waals surface area contributed by atoms with E-state index in [1.54, 1.807) is 12.3 Å². The lowest BCUT2D eigenvalue weighted by atomic mass is 10.1.